The molecule has 0 radical (unpaired) electrons. The topological polar surface area (TPSA) is 89.8 Å². The molecule has 28 rings (SSSR count). The Balaban J connectivity index is 0.000000118. The molecule has 19 aromatic carbocycles. The van der Waals surface area contributed by atoms with Crippen LogP contribution in [0.5, 0.6) is 0 Å². The number of carbonyl (C=O) groups excluding carboxylic acids is 1. The van der Waals surface area contributed by atoms with Crippen LogP contribution in [0.25, 0.3) is 204 Å². The predicted molar refractivity (Wildman–Crippen MR) is 576 cm³/mol. The van der Waals surface area contributed by atoms with E-state index in [-0.39, 0.29) is 27.6 Å². The van der Waals surface area contributed by atoms with Crippen molar-refractivity contribution in [1.29, 1.82) is 0 Å². The van der Waals surface area contributed by atoms with E-state index in [0.29, 0.717) is 0 Å². The fourth-order valence-corrected chi connectivity index (χ4v) is 23.9. The molecule has 137 heavy (non-hydrogen) atoms. The van der Waals surface area contributed by atoms with E-state index in [4.69, 9.17) is 17.7 Å². The summed E-state index contributed by atoms with van der Waals surface area (Å²) in [5.41, 5.74) is 43.5. The van der Waals surface area contributed by atoms with E-state index in [1.807, 2.05) is 41.3 Å². The average Bonchev–Trinajstić information content (AvgIpc) is 1.57. The second-order valence-corrected chi connectivity index (χ2v) is 40.7. The molecular formula is C128H92IN3O5. The molecule has 0 atom stereocenters. The zero-order valence-electron chi connectivity index (χ0n) is 77.3. The van der Waals surface area contributed by atoms with Gasteiger partial charge in [0.05, 0.1) is 11.0 Å². The van der Waals surface area contributed by atoms with Crippen molar-refractivity contribution in [2.45, 2.75) is 84.0 Å². The van der Waals surface area contributed by atoms with Gasteiger partial charge < -0.3 is 27.6 Å². The Morgan fingerprint density at radius 2 is 0.540 bits per heavy atom. The van der Waals surface area contributed by atoms with Gasteiger partial charge in [-0.2, -0.15) is 0 Å². The second kappa shape index (κ2) is 30.6. The van der Waals surface area contributed by atoms with Crippen molar-refractivity contribution in [3.05, 3.63) is 436 Å². The predicted octanol–water partition coefficient (Wildman–Crippen LogP) is 35.7. The van der Waals surface area contributed by atoms with Crippen LogP contribution in [0, 0.1) is 3.57 Å². The lowest BCUT2D eigenvalue weighted by molar-refractivity contribution is -0.115. The first kappa shape index (κ1) is 81.9. The number of anilines is 4. The highest BCUT2D eigenvalue weighted by Crippen LogP contribution is 2.58. The van der Waals surface area contributed by atoms with Gasteiger partial charge in [-0.15, -0.1) is 0 Å². The molecule has 0 aliphatic heterocycles. The molecule has 0 spiro atoms. The minimum Gasteiger partial charge on any atom is -0.455 e. The molecule has 24 aromatic rings. The summed E-state index contributed by atoms with van der Waals surface area (Å²) in [5.74, 6) is -0.0287. The summed E-state index contributed by atoms with van der Waals surface area (Å²) in [5, 5.41) is 15.6. The maximum atomic E-state index is 13.8. The van der Waals surface area contributed by atoms with Crippen molar-refractivity contribution < 1.29 is 22.5 Å². The monoisotopic (exact) mass is 1880 g/mol. The number of fused-ring (bicyclic) bond motifs is 27. The number of benzene rings is 19. The normalized spacial score (nSPS) is 14.0. The Hall–Kier alpha value is -15.8. The molecule has 0 saturated heterocycles. The zero-order chi connectivity index (χ0) is 92.4. The van der Waals surface area contributed by atoms with Gasteiger partial charge in [0.25, 0.3) is 0 Å². The first-order chi connectivity index (χ1) is 66.7. The average molecular weight is 1880 g/mol. The lowest BCUT2D eigenvalue weighted by Gasteiger charge is -2.27. The van der Waals surface area contributed by atoms with E-state index in [0.717, 1.165) is 144 Å². The van der Waals surface area contributed by atoms with Gasteiger partial charge in [-0.25, -0.2) is 0 Å². The fraction of sp³-hybridized carbons (Fsp3) is 0.102. The van der Waals surface area contributed by atoms with Gasteiger partial charge in [0.1, 0.15) is 44.7 Å². The standard InChI is InChI=1S/C56H41NO3.C54H39NO2.C18H12IN/c1-32(58)57(35-22-26-41-39-24-20-33(28-47(39)55(2,3)49(41)30-35)37-14-10-16-45-43-12-6-8-18-51(43)59-53(37)45)36-23-27-42-40-25-21-34(29-48(40)56(4,5)50(42)31-36)38-15-11-17-46-44-13-7-9-19-52(44)60-54(38)46;1-53(2)45-27-31(35-13-9-15-43-41-11-5-7-17-49(41)56-51(35)43)19-23-37(45)39-25-21-33(29-47(39)53)55-34-22-26-40-38-24-20-32(28-46(38)54(3,4)48(40)30-34)36-14-10-16-44-42-12-6-8-18-50(42)57-52(36)44;19-13-10-11-18-16(12-13)15-8-4-5-9-17(15)20(18)14-6-2-1-3-7-14/h6-31H,1-5H3;5-30,55H,1-4H3;1-12H. The number of para-hydroxylation sites is 10. The van der Waals surface area contributed by atoms with Crippen LogP contribution in [0.1, 0.15) is 107 Å². The van der Waals surface area contributed by atoms with Crippen LogP contribution in [0.15, 0.2) is 406 Å². The van der Waals surface area contributed by atoms with E-state index in [1.165, 1.54) is 131 Å². The first-order valence-corrected chi connectivity index (χ1v) is 48.4. The molecule has 5 heterocycles. The number of aromatic nitrogens is 1. The third-order valence-electron chi connectivity index (χ3n) is 30.3. The SMILES string of the molecule is CC(=O)N(c1ccc2c(c1)C(C)(C)c1cc(-c3cccc4c3oc3ccccc34)ccc1-2)c1ccc2c(c1)C(C)(C)c1cc(-c3cccc4c3oc3ccccc34)ccc1-2.CC1(C)c2cc(Nc3ccc4c(c3)C(C)(C)c3cc(-c5cccc6c5oc5ccccc56)ccc3-4)ccc2-c2ccc(-c3cccc4c3oc3ccccc34)cc21.Ic1ccc2c(c1)c1ccccc1n2-c1ccccc1. The van der Waals surface area contributed by atoms with E-state index < -0.39 is 0 Å². The molecular weight excluding hydrogens is 1790 g/mol. The summed E-state index contributed by atoms with van der Waals surface area (Å²) < 4.78 is 29.4. The van der Waals surface area contributed by atoms with Crippen molar-refractivity contribution in [3.8, 4) is 94.7 Å². The highest BCUT2D eigenvalue weighted by Gasteiger charge is 2.42. The molecule has 4 aliphatic rings. The number of hydrogen-bond acceptors (Lipinski definition) is 6. The number of halogens is 1. The first-order valence-electron chi connectivity index (χ1n) is 47.3. The van der Waals surface area contributed by atoms with Gasteiger partial charge in [-0.1, -0.05) is 310 Å². The molecule has 0 fully saturated rings. The number of carbonyl (C=O) groups is 1. The number of furan rings is 4. The van der Waals surface area contributed by atoms with Crippen molar-refractivity contribution in [2.75, 3.05) is 10.2 Å². The smallest absolute Gasteiger partial charge is 0.228 e. The van der Waals surface area contributed by atoms with Gasteiger partial charge in [0.2, 0.25) is 5.91 Å². The van der Waals surface area contributed by atoms with Crippen LogP contribution in [-0.4, -0.2) is 10.5 Å². The molecule has 0 bridgehead atoms. The maximum Gasteiger partial charge on any atom is 0.228 e. The molecule has 9 heteroatoms. The Morgan fingerprint density at radius 3 is 0.891 bits per heavy atom. The Labute approximate surface area is 806 Å². The second-order valence-electron chi connectivity index (χ2n) is 39.5. The molecule has 8 nitrogen and oxygen atoms in total. The number of amides is 1. The third kappa shape index (κ3) is 12.7. The van der Waals surface area contributed by atoms with Gasteiger partial charge in [-0.3, -0.25) is 9.69 Å². The van der Waals surface area contributed by atoms with Gasteiger partial charge in [-0.05, 0) is 267 Å². The quantitative estimate of drug-likeness (QED) is 0.145. The molecule has 0 saturated carbocycles. The Bertz CT molecular complexity index is 8830. The highest BCUT2D eigenvalue weighted by molar-refractivity contribution is 14.1. The van der Waals surface area contributed by atoms with Crippen LogP contribution < -0.4 is 10.2 Å². The van der Waals surface area contributed by atoms with Gasteiger partial charge >= 0.3 is 0 Å². The van der Waals surface area contributed by atoms with E-state index >= 15 is 0 Å². The van der Waals surface area contributed by atoms with E-state index in [1.54, 1.807) is 6.92 Å². The number of hydrogen-bond donors (Lipinski definition) is 1. The van der Waals surface area contributed by atoms with Crippen LogP contribution in [-0.2, 0) is 26.5 Å². The molecule has 1 N–H and O–H groups in total. The number of nitrogens with one attached hydrogen (secondary N) is 1. The third-order valence-corrected chi connectivity index (χ3v) is 31.0. The fourth-order valence-electron chi connectivity index (χ4n) is 23.4. The molecule has 1 amide bonds. The molecule has 5 aromatic heterocycles. The zero-order valence-corrected chi connectivity index (χ0v) is 79.4. The van der Waals surface area contributed by atoms with Crippen molar-refractivity contribution in [3.63, 3.8) is 0 Å². The van der Waals surface area contributed by atoms with E-state index in [2.05, 4.69) is 440 Å². The summed E-state index contributed by atoms with van der Waals surface area (Å²) >= 11 is 2.38. The van der Waals surface area contributed by atoms with Crippen molar-refractivity contribution in [1.82, 2.24) is 4.57 Å². The van der Waals surface area contributed by atoms with Gasteiger partial charge in [0, 0.05) is 137 Å². The summed E-state index contributed by atoms with van der Waals surface area (Å²) in [7, 11) is 0. The van der Waals surface area contributed by atoms with Crippen LogP contribution in [0.3, 0.4) is 0 Å². The number of rotatable bonds is 9. The van der Waals surface area contributed by atoms with Crippen LogP contribution in [0.2, 0.25) is 0 Å². The minimum absolute atomic E-state index is 0.0287. The minimum atomic E-state index is -0.299. The Kier molecular flexibility index (Phi) is 18.3. The number of nitrogens with zero attached hydrogens (tertiary/aromatic N) is 2. The van der Waals surface area contributed by atoms with E-state index in [9.17, 15) is 4.79 Å². The lowest BCUT2D eigenvalue weighted by atomic mass is 9.81. The largest absolute Gasteiger partial charge is 0.455 e. The maximum absolute atomic E-state index is 13.8. The summed E-state index contributed by atoms with van der Waals surface area (Å²) in [6, 6.07) is 139. The van der Waals surface area contributed by atoms with Crippen molar-refractivity contribution in [2.24, 2.45) is 0 Å². The molecule has 0 unspecified atom stereocenters. The van der Waals surface area contributed by atoms with Crippen LogP contribution in [0.4, 0.5) is 22.7 Å². The van der Waals surface area contributed by atoms with Gasteiger partial charge in [0.15, 0.2) is 0 Å². The van der Waals surface area contributed by atoms with Crippen molar-refractivity contribution >= 4 is 161 Å². The van der Waals surface area contributed by atoms with Crippen LogP contribution >= 0.6 is 22.6 Å². The Morgan fingerprint density at radius 1 is 0.255 bits per heavy atom. The summed E-state index contributed by atoms with van der Waals surface area (Å²) in [4.78, 5) is 15.6. The lowest BCUT2D eigenvalue weighted by Crippen LogP contribution is -2.24. The molecule has 656 valence electrons. The highest BCUT2D eigenvalue weighted by atomic mass is 127. The molecule has 4 aliphatic carbocycles. The summed E-state index contributed by atoms with van der Waals surface area (Å²) in [6.45, 7) is 20.3. The summed E-state index contributed by atoms with van der Waals surface area (Å²) in [6.07, 6.45) is 0.